The van der Waals surface area contributed by atoms with Gasteiger partial charge >= 0.3 is 5.97 Å². The Morgan fingerprint density at radius 3 is 2.82 bits per heavy atom. The van der Waals surface area contributed by atoms with Crippen molar-refractivity contribution in [3.63, 3.8) is 0 Å². The molecule has 1 unspecified atom stereocenters. The average Bonchev–Trinajstić information content (AvgIpc) is 2.86. The molecular formula is C15H18FNO5. The summed E-state index contributed by atoms with van der Waals surface area (Å²) in [6, 6.07) is 5.59. The van der Waals surface area contributed by atoms with Gasteiger partial charge < -0.3 is 19.8 Å². The Balaban J connectivity index is 1.85. The number of amides is 1. The van der Waals surface area contributed by atoms with Gasteiger partial charge in [0, 0.05) is 19.0 Å². The SMILES string of the molecule is O=C(O)CCC(=O)N1CCC(O)(COc2cccc(F)c2)C1. The molecule has 2 rings (SSSR count). The number of carboxylic acids is 1. The van der Waals surface area contributed by atoms with Crippen molar-refractivity contribution in [2.24, 2.45) is 0 Å². The van der Waals surface area contributed by atoms with E-state index < -0.39 is 17.4 Å². The van der Waals surface area contributed by atoms with Crippen molar-refractivity contribution in [1.82, 2.24) is 4.90 Å². The largest absolute Gasteiger partial charge is 0.490 e. The fourth-order valence-corrected chi connectivity index (χ4v) is 2.33. The highest BCUT2D eigenvalue weighted by Gasteiger charge is 2.38. The third-order valence-corrected chi connectivity index (χ3v) is 3.54. The maximum Gasteiger partial charge on any atom is 0.303 e. The molecule has 1 aromatic carbocycles. The fraction of sp³-hybridized carbons (Fsp3) is 0.467. The van der Waals surface area contributed by atoms with Gasteiger partial charge in [-0.3, -0.25) is 9.59 Å². The predicted octanol–water partition coefficient (Wildman–Crippen LogP) is 1.03. The van der Waals surface area contributed by atoms with E-state index in [4.69, 9.17) is 9.84 Å². The zero-order chi connectivity index (χ0) is 16.2. The van der Waals surface area contributed by atoms with Crippen LogP contribution in [0.25, 0.3) is 0 Å². The Bertz CT molecular complexity index is 565. The molecule has 6 nitrogen and oxygen atoms in total. The van der Waals surface area contributed by atoms with Gasteiger partial charge in [0.15, 0.2) is 0 Å². The third kappa shape index (κ3) is 4.42. The maximum absolute atomic E-state index is 13.0. The standard InChI is InChI=1S/C15H18FNO5/c16-11-2-1-3-12(8-11)22-10-15(21)6-7-17(9-15)13(18)4-5-14(19)20/h1-3,8,21H,4-7,9-10H2,(H,19,20). The summed E-state index contributed by atoms with van der Waals surface area (Å²) in [7, 11) is 0. The van der Waals surface area contributed by atoms with Crippen LogP contribution in [0.1, 0.15) is 19.3 Å². The summed E-state index contributed by atoms with van der Waals surface area (Å²) in [5, 5.41) is 19.0. The molecule has 1 atom stereocenters. The topological polar surface area (TPSA) is 87.1 Å². The van der Waals surface area contributed by atoms with Crippen LogP contribution < -0.4 is 4.74 Å². The average molecular weight is 311 g/mol. The van der Waals surface area contributed by atoms with Crippen LogP contribution in [0.2, 0.25) is 0 Å². The summed E-state index contributed by atoms with van der Waals surface area (Å²) < 4.78 is 18.4. The number of aliphatic carboxylic acids is 1. The van der Waals surface area contributed by atoms with Crippen molar-refractivity contribution >= 4 is 11.9 Å². The van der Waals surface area contributed by atoms with Crippen LogP contribution in [0.15, 0.2) is 24.3 Å². The van der Waals surface area contributed by atoms with E-state index in [-0.39, 0.29) is 31.9 Å². The number of hydrogen-bond acceptors (Lipinski definition) is 4. The van der Waals surface area contributed by atoms with E-state index in [1.807, 2.05) is 0 Å². The van der Waals surface area contributed by atoms with Crippen molar-refractivity contribution in [1.29, 1.82) is 0 Å². The molecule has 1 heterocycles. The number of hydrogen-bond donors (Lipinski definition) is 2. The highest BCUT2D eigenvalue weighted by molar-refractivity contribution is 5.81. The number of β-amino-alcohol motifs (C(OH)–C–C–N with tert-alkyl or cyclic N) is 1. The van der Waals surface area contributed by atoms with E-state index in [1.54, 1.807) is 6.07 Å². The van der Waals surface area contributed by atoms with Crippen LogP contribution in [0.5, 0.6) is 5.75 Å². The van der Waals surface area contributed by atoms with Crippen molar-refractivity contribution < 1.29 is 28.9 Å². The predicted molar refractivity (Wildman–Crippen MR) is 74.9 cm³/mol. The van der Waals surface area contributed by atoms with E-state index in [2.05, 4.69) is 0 Å². The van der Waals surface area contributed by atoms with E-state index in [9.17, 15) is 19.1 Å². The van der Waals surface area contributed by atoms with Crippen LogP contribution in [0, 0.1) is 5.82 Å². The number of benzene rings is 1. The number of carboxylic acid groups (broad SMARTS) is 1. The molecule has 0 radical (unpaired) electrons. The number of ether oxygens (including phenoxy) is 1. The fourth-order valence-electron chi connectivity index (χ4n) is 2.33. The highest BCUT2D eigenvalue weighted by Crippen LogP contribution is 2.24. The normalized spacial score (nSPS) is 20.9. The number of nitrogens with zero attached hydrogens (tertiary/aromatic N) is 1. The summed E-state index contributed by atoms with van der Waals surface area (Å²) in [4.78, 5) is 23.7. The molecule has 0 aliphatic carbocycles. The van der Waals surface area contributed by atoms with Gasteiger partial charge in [0.2, 0.25) is 5.91 Å². The molecule has 0 spiro atoms. The van der Waals surface area contributed by atoms with Crippen molar-refractivity contribution in [2.45, 2.75) is 24.9 Å². The van der Waals surface area contributed by atoms with Gasteiger partial charge in [0.25, 0.3) is 0 Å². The first kappa shape index (κ1) is 16.2. The number of likely N-dealkylation sites (tertiary alicyclic amines) is 1. The Kier molecular flexibility index (Phi) is 4.97. The Hall–Kier alpha value is -2.15. The van der Waals surface area contributed by atoms with Gasteiger partial charge in [-0.25, -0.2) is 4.39 Å². The second-order valence-corrected chi connectivity index (χ2v) is 5.43. The summed E-state index contributed by atoms with van der Waals surface area (Å²) in [6.45, 7) is 0.376. The van der Waals surface area contributed by atoms with Crippen LogP contribution >= 0.6 is 0 Å². The van der Waals surface area contributed by atoms with Gasteiger partial charge in [-0.05, 0) is 18.6 Å². The van der Waals surface area contributed by atoms with Crippen molar-refractivity contribution in [3.05, 3.63) is 30.1 Å². The van der Waals surface area contributed by atoms with Gasteiger partial charge in [-0.15, -0.1) is 0 Å². The third-order valence-electron chi connectivity index (χ3n) is 3.54. The lowest BCUT2D eigenvalue weighted by Crippen LogP contribution is -2.40. The number of halogens is 1. The minimum absolute atomic E-state index is 0.0564. The van der Waals surface area contributed by atoms with Crippen LogP contribution in [-0.4, -0.2) is 52.3 Å². The van der Waals surface area contributed by atoms with Gasteiger partial charge in [0.1, 0.15) is 23.8 Å². The second kappa shape index (κ2) is 6.74. The molecule has 2 N–H and O–H groups in total. The molecule has 120 valence electrons. The van der Waals surface area contributed by atoms with E-state index in [0.717, 1.165) is 0 Å². The molecule has 7 heteroatoms. The monoisotopic (exact) mass is 311 g/mol. The van der Waals surface area contributed by atoms with Crippen LogP contribution in [-0.2, 0) is 9.59 Å². The molecule has 1 fully saturated rings. The highest BCUT2D eigenvalue weighted by atomic mass is 19.1. The number of rotatable bonds is 6. The maximum atomic E-state index is 13.0. The molecule has 0 bridgehead atoms. The molecule has 0 saturated carbocycles. The van der Waals surface area contributed by atoms with Gasteiger partial charge in [0.05, 0.1) is 13.0 Å². The second-order valence-electron chi connectivity index (χ2n) is 5.43. The van der Waals surface area contributed by atoms with Gasteiger partial charge in [-0.1, -0.05) is 6.07 Å². The number of carbonyl (C=O) groups is 2. The number of aliphatic hydroxyl groups is 1. The number of carbonyl (C=O) groups excluding carboxylic acids is 1. The first-order chi connectivity index (χ1) is 10.4. The lowest BCUT2D eigenvalue weighted by atomic mass is 10.1. The zero-order valence-electron chi connectivity index (χ0n) is 12.0. The smallest absolute Gasteiger partial charge is 0.303 e. The molecule has 22 heavy (non-hydrogen) atoms. The van der Waals surface area contributed by atoms with E-state index in [0.29, 0.717) is 18.7 Å². The molecule has 0 aromatic heterocycles. The molecule has 1 aromatic rings. The molecule has 1 saturated heterocycles. The van der Waals surface area contributed by atoms with E-state index in [1.165, 1.54) is 23.1 Å². The Morgan fingerprint density at radius 1 is 1.36 bits per heavy atom. The summed E-state index contributed by atoms with van der Waals surface area (Å²) in [6.07, 6.45) is 0.0187. The zero-order valence-corrected chi connectivity index (χ0v) is 12.0. The van der Waals surface area contributed by atoms with Crippen LogP contribution in [0.4, 0.5) is 4.39 Å². The van der Waals surface area contributed by atoms with Crippen molar-refractivity contribution in [2.75, 3.05) is 19.7 Å². The molecule has 1 aliphatic rings. The summed E-state index contributed by atoms with van der Waals surface area (Å²) >= 11 is 0. The van der Waals surface area contributed by atoms with E-state index >= 15 is 0 Å². The Morgan fingerprint density at radius 2 is 2.14 bits per heavy atom. The lowest BCUT2D eigenvalue weighted by molar-refractivity contribution is -0.140. The summed E-state index contributed by atoms with van der Waals surface area (Å²) in [5.41, 5.74) is -1.20. The minimum Gasteiger partial charge on any atom is -0.490 e. The molecule has 1 aliphatic heterocycles. The van der Waals surface area contributed by atoms with Crippen molar-refractivity contribution in [3.8, 4) is 5.75 Å². The first-order valence-corrected chi connectivity index (χ1v) is 6.98. The minimum atomic E-state index is -1.20. The summed E-state index contributed by atoms with van der Waals surface area (Å²) in [5.74, 6) is -1.45. The van der Waals surface area contributed by atoms with Crippen LogP contribution in [0.3, 0.4) is 0 Å². The Labute approximate surface area is 127 Å². The molecular weight excluding hydrogens is 293 g/mol. The first-order valence-electron chi connectivity index (χ1n) is 6.98. The quantitative estimate of drug-likeness (QED) is 0.819. The lowest BCUT2D eigenvalue weighted by Gasteiger charge is -2.23. The molecule has 1 amide bonds. The van der Waals surface area contributed by atoms with Gasteiger partial charge in [-0.2, -0.15) is 0 Å².